The lowest BCUT2D eigenvalue weighted by Crippen LogP contribution is -2.38. The molecule has 2 aromatic carbocycles. The lowest BCUT2D eigenvalue weighted by atomic mass is 10.1. The fourth-order valence-electron chi connectivity index (χ4n) is 2.33. The molecule has 3 rings (SSSR count). The number of benzene rings is 2. The number of hydrogen-bond donors (Lipinski definition) is 2. The molecule has 1 aliphatic heterocycles. The van der Waals surface area contributed by atoms with Crippen LogP contribution in [0.25, 0.3) is 10.8 Å². The maximum absolute atomic E-state index is 11.4. The van der Waals surface area contributed by atoms with Crippen molar-refractivity contribution >= 4 is 43.6 Å². The molecule has 2 aromatic rings. The molecule has 0 bridgehead atoms. The van der Waals surface area contributed by atoms with Crippen LogP contribution >= 0.6 is 12.2 Å². The maximum atomic E-state index is 11.4. The number of thiocarbonyl (C=S) groups is 1. The molecule has 1 atom stereocenters. The van der Waals surface area contributed by atoms with E-state index in [0.29, 0.717) is 5.11 Å². The Hall–Kier alpha value is -1.92. The molecular formula is C15H14N2O2S2. The molecule has 6 heteroatoms. The van der Waals surface area contributed by atoms with Crippen LogP contribution in [0, 0.1) is 0 Å². The predicted molar refractivity (Wildman–Crippen MR) is 90.0 cm³/mol. The van der Waals surface area contributed by atoms with E-state index in [1.807, 2.05) is 42.5 Å². The number of hydrogen-bond acceptors (Lipinski definition) is 3. The second-order valence-corrected chi connectivity index (χ2v) is 7.23. The Balaban J connectivity index is 1.74. The van der Waals surface area contributed by atoms with Gasteiger partial charge in [0.1, 0.15) is 0 Å². The maximum Gasteiger partial charge on any atom is 0.173 e. The molecule has 0 fully saturated rings. The highest BCUT2D eigenvalue weighted by Crippen LogP contribution is 2.22. The summed E-state index contributed by atoms with van der Waals surface area (Å²) < 4.78 is 22.7. The highest BCUT2D eigenvalue weighted by Gasteiger charge is 2.22. The fourth-order valence-corrected chi connectivity index (χ4v) is 3.82. The standard InChI is InChI=1S/C15H14N2O2S2/c18-21(19)9-8-12(10-21)16-15(20)17-14-7-3-5-11-4-1-2-6-13(11)14/h1-9,12H,10H2,(H2,16,17,20). The zero-order valence-corrected chi connectivity index (χ0v) is 12.7. The van der Waals surface area contributed by atoms with Crippen LogP contribution in [-0.2, 0) is 9.84 Å². The average molecular weight is 318 g/mol. The summed E-state index contributed by atoms with van der Waals surface area (Å²) in [5.74, 6) is 0.0460. The topological polar surface area (TPSA) is 58.2 Å². The van der Waals surface area contributed by atoms with Crippen LogP contribution in [0.4, 0.5) is 5.69 Å². The van der Waals surface area contributed by atoms with E-state index in [2.05, 4.69) is 10.6 Å². The SMILES string of the molecule is O=S1(=O)C=CC(NC(=S)Nc2cccc3ccccc23)C1. The van der Waals surface area contributed by atoms with Gasteiger partial charge in [0.25, 0.3) is 0 Å². The van der Waals surface area contributed by atoms with Crippen LogP contribution in [0.1, 0.15) is 0 Å². The molecule has 0 saturated heterocycles. The van der Waals surface area contributed by atoms with Crippen molar-refractivity contribution in [3.8, 4) is 0 Å². The molecule has 108 valence electrons. The average Bonchev–Trinajstić information content (AvgIpc) is 2.78. The second kappa shape index (κ2) is 5.46. The van der Waals surface area contributed by atoms with E-state index in [-0.39, 0.29) is 11.8 Å². The first kappa shape index (κ1) is 14.0. The molecule has 2 N–H and O–H groups in total. The van der Waals surface area contributed by atoms with E-state index in [1.165, 1.54) is 5.41 Å². The largest absolute Gasteiger partial charge is 0.355 e. The fraction of sp³-hybridized carbons (Fsp3) is 0.133. The molecule has 1 heterocycles. The summed E-state index contributed by atoms with van der Waals surface area (Å²) in [6, 6.07) is 13.6. The van der Waals surface area contributed by atoms with Gasteiger partial charge in [-0.05, 0) is 29.7 Å². The first-order valence-electron chi connectivity index (χ1n) is 6.50. The van der Waals surface area contributed by atoms with Crippen molar-refractivity contribution in [1.82, 2.24) is 5.32 Å². The first-order valence-corrected chi connectivity index (χ1v) is 8.62. The second-order valence-electron chi connectivity index (χ2n) is 4.89. The number of nitrogens with one attached hydrogen (secondary N) is 2. The van der Waals surface area contributed by atoms with E-state index in [9.17, 15) is 8.42 Å². The Morgan fingerprint density at radius 3 is 2.67 bits per heavy atom. The van der Waals surface area contributed by atoms with E-state index in [4.69, 9.17) is 12.2 Å². The Morgan fingerprint density at radius 2 is 1.90 bits per heavy atom. The Bertz CT molecular complexity index is 823. The Kier molecular flexibility index (Phi) is 3.65. The lowest BCUT2D eigenvalue weighted by molar-refractivity contribution is 0.603. The summed E-state index contributed by atoms with van der Waals surface area (Å²) in [6.45, 7) is 0. The van der Waals surface area contributed by atoms with Crippen LogP contribution in [-0.4, -0.2) is 25.3 Å². The third kappa shape index (κ3) is 3.22. The minimum Gasteiger partial charge on any atom is -0.355 e. The van der Waals surface area contributed by atoms with Crippen molar-refractivity contribution in [3.63, 3.8) is 0 Å². The molecule has 0 aliphatic carbocycles. The van der Waals surface area contributed by atoms with Crippen molar-refractivity contribution in [1.29, 1.82) is 0 Å². The van der Waals surface area contributed by atoms with Gasteiger partial charge in [-0.1, -0.05) is 36.4 Å². The van der Waals surface area contributed by atoms with E-state index in [0.717, 1.165) is 16.5 Å². The number of fused-ring (bicyclic) bond motifs is 1. The molecule has 1 aliphatic rings. The third-order valence-electron chi connectivity index (χ3n) is 3.28. The van der Waals surface area contributed by atoms with Crippen molar-refractivity contribution in [2.75, 3.05) is 11.1 Å². The van der Waals surface area contributed by atoms with Crippen LogP contribution < -0.4 is 10.6 Å². The van der Waals surface area contributed by atoms with Gasteiger partial charge in [-0.25, -0.2) is 8.42 Å². The highest BCUT2D eigenvalue weighted by molar-refractivity contribution is 7.94. The van der Waals surface area contributed by atoms with Crippen molar-refractivity contribution in [3.05, 3.63) is 53.9 Å². The zero-order chi connectivity index (χ0) is 14.9. The highest BCUT2D eigenvalue weighted by atomic mass is 32.2. The Morgan fingerprint density at radius 1 is 1.14 bits per heavy atom. The molecule has 0 aromatic heterocycles. The van der Waals surface area contributed by atoms with E-state index in [1.54, 1.807) is 6.08 Å². The summed E-state index contributed by atoms with van der Waals surface area (Å²) in [4.78, 5) is 0. The van der Waals surface area contributed by atoms with Gasteiger partial charge in [0, 0.05) is 16.5 Å². The van der Waals surface area contributed by atoms with Crippen LogP contribution in [0.3, 0.4) is 0 Å². The van der Waals surface area contributed by atoms with Crippen LogP contribution in [0.2, 0.25) is 0 Å². The normalized spacial score (nSPS) is 19.5. The smallest absolute Gasteiger partial charge is 0.173 e. The van der Waals surface area contributed by atoms with Gasteiger partial charge in [0.2, 0.25) is 0 Å². The van der Waals surface area contributed by atoms with Gasteiger partial charge in [-0.3, -0.25) is 0 Å². The predicted octanol–water partition coefficient (Wildman–Crippen LogP) is 2.44. The van der Waals surface area contributed by atoms with Gasteiger partial charge >= 0.3 is 0 Å². The van der Waals surface area contributed by atoms with Gasteiger partial charge in [0.15, 0.2) is 14.9 Å². The lowest BCUT2D eigenvalue weighted by Gasteiger charge is -2.15. The minimum atomic E-state index is -3.08. The molecule has 21 heavy (non-hydrogen) atoms. The molecule has 0 spiro atoms. The quantitative estimate of drug-likeness (QED) is 0.833. The summed E-state index contributed by atoms with van der Waals surface area (Å²) in [5, 5.41) is 9.96. The summed E-state index contributed by atoms with van der Waals surface area (Å²) >= 11 is 5.26. The minimum absolute atomic E-state index is 0.0460. The molecule has 0 amide bonds. The van der Waals surface area contributed by atoms with E-state index < -0.39 is 9.84 Å². The number of anilines is 1. The van der Waals surface area contributed by atoms with Crippen LogP contribution in [0.15, 0.2) is 53.9 Å². The molecular weight excluding hydrogens is 304 g/mol. The first-order chi connectivity index (χ1) is 10.0. The molecule has 0 saturated carbocycles. The summed E-state index contributed by atoms with van der Waals surface area (Å²) in [7, 11) is -3.08. The molecule has 1 unspecified atom stereocenters. The van der Waals surface area contributed by atoms with Crippen molar-refractivity contribution < 1.29 is 8.42 Å². The van der Waals surface area contributed by atoms with Gasteiger partial charge in [-0.15, -0.1) is 0 Å². The van der Waals surface area contributed by atoms with Gasteiger partial charge < -0.3 is 10.6 Å². The Labute approximate surface area is 128 Å². The van der Waals surface area contributed by atoms with Crippen molar-refractivity contribution in [2.24, 2.45) is 0 Å². The third-order valence-corrected chi connectivity index (χ3v) is 4.90. The molecule has 4 nitrogen and oxygen atoms in total. The van der Waals surface area contributed by atoms with Gasteiger partial charge in [-0.2, -0.15) is 0 Å². The van der Waals surface area contributed by atoms with Gasteiger partial charge in [0.05, 0.1) is 11.8 Å². The summed E-state index contributed by atoms with van der Waals surface area (Å²) in [6.07, 6.45) is 1.62. The van der Waals surface area contributed by atoms with Crippen LogP contribution in [0.5, 0.6) is 0 Å². The molecule has 0 radical (unpaired) electrons. The van der Waals surface area contributed by atoms with E-state index >= 15 is 0 Å². The number of sulfone groups is 1. The monoisotopic (exact) mass is 318 g/mol. The summed E-state index contributed by atoms with van der Waals surface area (Å²) in [5.41, 5.74) is 0.899. The number of rotatable bonds is 2. The zero-order valence-electron chi connectivity index (χ0n) is 11.1. The van der Waals surface area contributed by atoms with Crippen molar-refractivity contribution in [2.45, 2.75) is 6.04 Å².